The summed E-state index contributed by atoms with van der Waals surface area (Å²) in [5.41, 5.74) is 1.04. The first kappa shape index (κ1) is 10.2. The molecule has 0 saturated carbocycles. The van der Waals surface area contributed by atoms with Crippen LogP contribution in [0.1, 0.15) is 25.3 Å². The molecule has 1 aromatic carbocycles. The molecule has 1 saturated heterocycles. The highest BCUT2D eigenvalue weighted by atomic mass is 15.2. The smallest absolute Gasteiger partial charge is 0.106 e. The first-order valence-corrected chi connectivity index (χ1v) is 5.45. The van der Waals surface area contributed by atoms with Crippen LogP contribution in [0.3, 0.4) is 0 Å². The summed E-state index contributed by atoms with van der Waals surface area (Å²) in [5.74, 6) is 0. The number of nitrogens with zero attached hydrogens (tertiary/aromatic N) is 2. The number of rotatable bonds is 2. The molecule has 0 amide bonds. The molecule has 1 aromatic rings. The Labute approximate surface area is 91.1 Å². The van der Waals surface area contributed by atoms with Gasteiger partial charge in [0.1, 0.15) is 5.54 Å². The third kappa shape index (κ3) is 2.03. The molecule has 1 fully saturated rings. The standard InChI is InChI=1S/C13H16N2/c1-13(11-14)8-5-9-15(13)10-12-6-3-2-4-7-12/h2-4,6-7H,5,8-10H2,1H3/t13-/m0/s1. The van der Waals surface area contributed by atoms with Crippen molar-refractivity contribution in [2.75, 3.05) is 6.54 Å². The number of likely N-dealkylation sites (tertiary alicyclic amines) is 1. The molecule has 1 atom stereocenters. The third-order valence-electron chi connectivity index (χ3n) is 3.25. The third-order valence-corrected chi connectivity index (χ3v) is 3.25. The van der Waals surface area contributed by atoms with Crippen molar-refractivity contribution in [1.82, 2.24) is 4.90 Å². The van der Waals surface area contributed by atoms with E-state index in [1.807, 2.05) is 13.0 Å². The van der Waals surface area contributed by atoms with Crippen molar-refractivity contribution < 1.29 is 0 Å². The van der Waals surface area contributed by atoms with E-state index in [-0.39, 0.29) is 5.54 Å². The monoisotopic (exact) mass is 200 g/mol. The van der Waals surface area contributed by atoms with Gasteiger partial charge in [0.25, 0.3) is 0 Å². The van der Waals surface area contributed by atoms with Crippen molar-refractivity contribution in [3.8, 4) is 6.07 Å². The number of hydrogen-bond acceptors (Lipinski definition) is 2. The second-order valence-corrected chi connectivity index (χ2v) is 4.40. The molecule has 1 aliphatic rings. The molecule has 1 heterocycles. The second kappa shape index (κ2) is 4.04. The lowest BCUT2D eigenvalue weighted by atomic mass is 10.0. The topological polar surface area (TPSA) is 27.0 Å². The lowest BCUT2D eigenvalue weighted by Gasteiger charge is -2.28. The van der Waals surface area contributed by atoms with Gasteiger partial charge < -0.3 is 0 Å². The van der Waals surface area contributed by atoms with E-state index in [2.05, 4.69) is 35.2 Å². The molecule has 1 aliphatic heterocycles. The van der Waals surface area contributed by atoms with Gasteiger partial charge in [-0.1, -0.05) is 30.3 Å². The molecule has 0 radical (unpaired) electrons. The lowest BCUT2D eigenvalue weighted by Crippen LogP contribution is -2.38. The molecule has 2 rings (SSSR count). The molecule has 2 heteroatoms. The first-order valence-electron chi connectivity index (χ1n) is 5.45. The van der Waals surface area contributed by atoms with Gasteiger partial charge in [0.15, 0.2) is 0 Å². The van der Waals surface area contributed by atoms with E-state index >= 15 is 0 Å². The van der Waals surface area contributed by atoms with E-state index < -0.39 is 0 Å². The summed E-state index contributed by atoms with van der Waals surface area (Å²) in [7, 11) is 0. The summed E-state index contributed by atoms with van der Waals surface area (Å²) < 4.78 is 0. The van der Waals surface area contributed by atoms with Crippen LogP contribution >= 0.6 is 0 Å². The fourth-order valence-corrected chi connectivity index (χ4v) is 2.20. The van der Waals surface area contributed by atoms with Crippen molar-refractivity contribution in [3.05, 3.63) is 35.9 Å². The highest BCUT2D eigenvalue weighted by Crippen LogP contribution is 2.29. The Hall–Kier alpha value is -1.33. The van der Waals surface area contributed by atoms with Crippen LogP contribution in [0, 0.1) is 11.3 Å². The Kier molecular flexibility index (Phi) is 2.75. The summed E-state index contributed by atoms with van der Waals surface area (Å²) in [5, 5.41) is 9.18. The molecule has 0 spiro atoms. The maximum Gasteiger partial charge on any atom is 0.106 e. The molecular weight excluding hydrogens is 184 g/mol. The van der Waals surface area contributed by atoms with Crippen LogP contribution in [0.5, 0.6) is 0 Å². The van der Waals surface area contributed by atoms with Gasteiger partial charge in [0, 0.05) is 13.1 Å². The molecule has 0 N–H and O–H groups in total. The second-order valence-electron chi connectivity index (χ2n) is 4.40. The normalized spacial score (nSPS) is 26.4. The van der Waals surface area contributed by atoms with Crippen LogP contribution in [0.15, 0.2) is 30.3 Å². The molecular formula is C13H16N2. The van der Waals surface area contributed by atoms with Crippen molar-refractivity contribution in [2.45, 2.75) is 31.8 Å². The van der Waals surface area contributed by atoms with Crippen molar-refractivity contribution in [2.24, 2.45) is 0 Å². The first-order chi connectivity index (χ1) is 7.24. The molecule has 0 aromatic heterocycles. The van der Waals surface area contributed by atoms with E-state index in [4.69, 9.17) is 0 Å². The zero-order chi connectivity index (χ0) is 10.7. The van der Waals surface area contributed by atoms with Gasteiger partial charge in [-0.2, -0.15) is 5.26 Å². The van der Waals surface area contributed by atoms with E-state index in [1.165, 1.54) is 5.56 Å². The van der Waals surface area contributed by atoms with E-state index in [0.717, 1.165) is 25.9 Å². The van der Waals surface area contributed by atoms with Crippen molar-refractivity contribution in [1.29, 1.82) is 5.26 Å². The molecule has 0 bridgehead atoms. The van der Waals surface area contributed by atoms with Crippen LogP contribution in [0.25, 0.3) is 0 Å². The molecule has 2 nitrogen and oxygen atoms in total. The SMILES string of the molecule is C[C@@]1(C#N)CCCN1Cc1ccccc1. The minimum absolute atomic E-state index is 0.254. The van der Waals surface area contributed by atoms with Gasteiger partial charge >= 0.3 is 0 Å². The average molecular weight is 200 g/mol. The van der Waals surface area contributed by atoms with Gasteiger partial charge in [0.2, 0.25) is 0 Å². The fourth-order valence-electron chi connectivity index (χ4n) is 2.20. The van der Waals surface area contributed by atoms with Crippen LogP contribution in [0.2, 0.25) is 0 Å². The highest BCUT2D eigenvalue weighted by Gasteiger charge is 2.36. The predicted molar refractivity (Wildman–Crippen MR) is 60.1 cm³/mol. The van der Waals surface area contributed by atoms with E-state index in [1.54, 1.807) is 0 Å². The number of benzene rings is 1. The van der Waals surface area contributed by atoms with Crippen molar-refractivity contribution >= 4 is 0 Å². The minimum atomic E-state index is -0.254. The summed E-state index contributed by atoms with van der Waals surface area (Å²) >= 11 is 0. The molecule has 78 valence electrons. The maximum atomic E-state index is 9.18. The Morgan fingerprint density at radius 2 is 2.13 bits per heavy atom. The van der Waals surface area contributed by atoms with E-state index in [0.29, 0.717) is 0 Å². The summed E-state index contributed by atoms with van der Waals surface area (Å²) in [6.07, 6.45) is 2.13. The zero-order valence-electron chi connectivity index (χ0n) is 9.11. The zero-order valence-corrected chi connectivity index (χ0v) is 9.11. The quantitative estimate of drug-likeness (QED) is 0.733. The summed E-state index contributed by atoms with van der Waals surface area (Å²) in [6, 6.07) is 12.8. The van der Waals surface area contributed by atoms with E-state index in [9.17, 15) is 5.26 Å². The van der Waals surface area contributed by atoms with Gasteiger partial charge in [-0.3, -0.25) is 4.90 Å². The Balaban J connectivity index is 2.10. The highest BCUT2D eigenvalue weighted by molar-refractivity contribution is 5.17. The Morgan fingerprint density at radius 3 is 2.80 bits per heavy atom. The van der Waals surface area contributed by atoms with Crippen LogP contribution < -0.4 is 0 Å². The predicted octanol–water partition coefficient (Wildman–Crippen LogP) is 2.56. The van der Waals surface area contributed by atoms with Crippen LogP contribution in [0.4, 0.5) is 0 Å². The largest absolute Gasteiger partial charge is 0.281 e. The fraction of sp³-hybridized carbons (Fsp3) is 0.462. The Bertz CT molecular complexity index is 366. The number of nitriles is 1. The van der Waals surface area contributed by atoms with Gasteiger partial charge in [-0.25, -0.2) is 0 Å². The van der Waals surface area contributed by atoms with Gasteiger partial charge in [-0.05, 0) is 25.3 Å². The summed E-state index contributed by atoms with van der Waals surface area (Å²) in [6.45, 7) is 3.98. The average Bonchev–Trinajstić information content (AvgIpc) is 2.63. The minimum Gasteiger partial charge on any atom is -0.281 e. The summed E-state index contributed by atoms with van der Waals surface area (Å²) in [4.78, 5) is 2.28. The van der Waals surface area contributed by atoms with Crippen molar-refractivity contribution in [3.63, 3.8) is 0 Å². The van der Waals surface area contributed by atoms with Gasteiger partial charge in [-0.15, -0.1) is 0 Å². The Morgan fingerprint density at radius 1 is 1.40 bits per heavy atom. The van der Waals surface area contributed by atoms with Crippen LogP contribution in [-0.2, 0) is 6.54 Å². The maximum absolute atomic E-state index is 9.18. The lowest BCUT2D eigenvalue weighted by molar-refractivity contribution is 0.201. The molecule has 15 heavy (non-hydrogen) atoms. The molecule has 0 unspecified atom stereocenters. The number of hydrogen-bond donors (Lipinski definition) is 0. The molecule has 0 aliphatic carbocycles. The van der Waals surface area contributed by atoms with Gasteiger partial charge in [0.05, 0.1) is 6.07 Å². The van der Waals surface area contributed by atoms with Crippen LogP contribution in [-0.4, -0.2) is 17.0 Å².